The normalized spacial score (nSPS) is 15.7. The van der Waals surface area contributed by atoms with E-state index in [0.29, 0.717) is 6.54 Å². The fourth-order valence-electron chi connectivity index (χ4n) is 3.19. The zero-order valence-electron chi connectivity index (χ0n) is 13.9. The van der Waals surface area contributed by atoms with Gasteiger partial charge in [0.2, 0.25) is 5.91 Å². The van der Waals surface area contributed by atoms with Crippen molar-refractivity contribution in [2.45, 2.75) is 32.4 Å². The second kappa shape index (κ2) is 6.86. The number of carbonyl (C=O) groups is 1. The Labute approximate surface area is 137 Å². The van der Waals surface area contributed by atoms with Crippen molar-refractivity contribution in [2.75, 3.05) is 25.0 Å². The Bertz CT molecular complexity index is 647. The molecule has 5 heteroatoms. The maximum Gasteiger partial charge on any atom is 0.245 e. The molecule has 2 heterocycles. The SMILES string of the molecule is C[C@H](C(=O)N(C)Cc1ccccc1N1CCCC1)n1ccnc1. The number of likely N-dealkylation sites (N-methyl/N-ethyl adjacent to an activating group) is 1. The van der Waals surface area contributed by atoms with Crippen molar-refractivity contribution < 1.29 is 4.79 Å². The van der Waals surface area contributed by atoms with Crippen LogP contribution < -0.4 is 4.90 Å². The van der Waals surface area contributed by atoms with Crippen LogP contribution in [-0.4, -0.2) is 40.5 Å². The lowest BCUT2D eigenvalue weighted by Crippen LogP contribution is -2.33. The van der Waals surface area contributed by atoms with Crippen molar-refractivity contribution in [2.24, 2.45) is 0 Å². The van der Waals surface area contributed by atoms with Crippen LogP contribution in [0.15, 0.2) is 43.0 Å². The molecule has 2 aromatic rings. The summed E-state index contributed by atoms with van der Waals surface area (Å²) in [5.41, 5.74) is 2.48. The predicted molar refractivity (Wildman–Crippen MR) is 91.3 cm³/mol. The largest absolute Gasteiger partial charge is 0.371 e. The van der Waals surface area contributed by atoms with Crippen molar-refractivity contribution in [1.82, 2.24) is 14.5 Å². The molecule has 0 N–H and O–H groups in total. The summed E-state index contributed by atoms with van der Waals surface area (Å²) in [6.45, 7) is 4.76. The molecule has 1 fully saturated rings. The molecule has 1 aromatic carbocycles. The Morgan fingerprint density at radius 1 is 1.30 bits per heavy atom. The molecule has 1 amide bonds. The molecule has 1 saturated heterocycles. The number of para-hydroxylation sites is 1. The van der Waals surface area contributed by atoms with E-state index in [4.69, 9.17) is 0 Å². The summed E-state index contributed by atoms with van der Waals surface area (Å²) in [4.78, 5) is 20.9. The summed E-state index contributed by atoms with van der Waals surface area (Å²) in [7, 11) is 1.87. The molecule has 0 unspecified atom stereocenters. The third kappa shape index (κ3) is 3.38. The van der Waals surface area contributed by atoms with E-state index in [9.17, 15) is 4.79 Å². The van der Waals surface area contributed by atoms with Crippen LogP contribution >= 0.6 is 0 Å². The topological polar surface area (TPSA) is 41.4 Å². The van der Waals surface area contributed by atoms with E-state index in [2.05, 4.69) is 28.1 Å². The van der Waals surface area contributed by atoms with Gasteiger partial charge in [-0.3, -0.25) is 4.79 Å². The first-order valence-corrected chi connectivity index (χ1v) is 8.22. The van der Waals surface area contributed by atoms with E-state index in [-0.39, 0.29) is 11.9 Å². The summed E-state index contributed by atoms with van der Waals surface area (Å²) in [6.07, 6.45) is 7.72. The number of anilines is 1. The van der Waals surface area contributed by atoms with Crippen LogP contribution in [0.3, 0.4) is 0 Å². The Morgan fingerprint density at radius 2 is 2.04 bits per heavy atom. The molecular weight excluding hydrogens is 288 g/mol. The monoisotopic (exact) mass is 312 g/mol. The molecule has 1 aliphatic heterocycles. The number of hydrogen-bond acceptors (Lipinski definition) is 3. The lowest BCUT2D eigenvalue weighted by molar-refractivity contribution is -0.133. The van der Waals surface area contributed by atoms with Gasteiger partial charge in [0.15, 0.2) is 0 Å². The fraction of sp³-hybridized carbons (Fsp3) is 0.444. The number of nitrogens with zero attached hydrogens (tertiary/aromatic N) is 4. The first kappa shape index (κ1) is 15.6. The van der Waals surface area contributed by atoms with E-state index < -0.39 is 0 Å². The maximum atomic E-state index is 12.6. The van der Waals surface area contributed by atoms with Gasteiger partial charge in [0.05, 0.1) is 6.33 Å². The van der Waals surface area contributed by atoms with Crippen molar-refractivity contribution >= 4 is 11.6 Å². The highest BCUT2D eigenvalue weighted by Gasteiger charge is 2.21. The van der Waals surface area contributed by atoms with Gasteiger partial charge in [-0.2, -0.15) is 0 Å². The minimum Gasteiger partial charge on any atom is -0.371 e. The number of aromatic nitrogens is 2. The molecule has 122 valence electrons. The van der Waals surface area contributed by atoms with Gasteiger partial charge < -0.3 is 14.4 Å². The summed E-state index contributed by atoms with van der Waals surface area (Å²) in [6, 6.07) is 8.18. The van der Waals surface area contributed by atoms with Gasteiger partial charge in [0, 0.05) is 44.8 Å². The zero-order valence-corrected chi connectivity index (χ0v) is 13.9. The smallest absolute Gasteiger partial charge is 0.245 e. The molecular formula is C18H24N4O. The molecule has 1 aliphatic rings. The molecule has 0 spiro atoms. The van der Waals surface area contributed by atoms with E-state index in [1.807, 2.05) is 30.8 Å². The Balaban J connectivity index is 1.72. The van der Waals surface area contributed by atoms with Crippen molar-refractivity contribution in [3.05, 3.63) is 48.5 Å². The van der Waals surface area contributed by atoms with Gasteiger partial charge in [-0.05, 0) is 31.4 Å². The minimum absolute atomic E-state index is 0.0965. The number of rotatable bonds is 5. The van der Waals surface area contributed by atoms with Gasteiger partial charge in [-0.25, -0.2) is 4.98 Å². The van der Waals surface area contributed by atoms with Crippen LogP contribution in [0.25, 0.3) is 0 Å². The lowest BCUT2D eigenvalue weighted by atomic mass is 10.1. The van der Waals surface area contributed by atoms with Gasteiger partial charge in [-0.1, -0.05) is 18.2 Å². The predicted octanol–water partition coefficient (Wildman–Crippen LogP) is 2.70. The molecule has 0 bridgehead atoms. The van der Waals surface area contributed by atoms with E-state index in [1.54, 1.807) is 17.4 Å². The zero-order chi connectivity index (χ0) is 16.2. The number of benzene rings is 1. The highest BCUT2D eigenvalue weighted by atomic mass is 16.2. The quantitative estimate of drug-likeness (QED) is 0.852. The third-order valence-electron chi connectivity index (χ3n) is 4.55. The molecule has 23 heavy (non-hydrogen) atoms. The number of amides is 1. The summed E-state index contributed by atoms with van der Waals surface area (Å²) >= 11 is 0. The highest BCUT2D eigenvalue weighted by molar-refractivity contribution is 5.80. The molecule has 0 saturated carbocycles. The average molecular weight is 312 g/mol. The van der Waals surface area contributed by atoms with Gasteiger partial charge in [-0.15, -0.1) is 0 Å². The van der Waals surface area contributed by atoms with Crippen LogP contribution in [-0.2, 0) is 11.3 Å². The standard InChI is InChI=1S/C18H24N4O/c1-15(22-12-9-19-14-22)18(23)20(2)13-16-7-3-4-8-17(16)21-10-5-6-11-21/h3-4,7-9,12,14-15H,5-6,10-11,13H2,1-2H3/t15-/m1/s1. The van der Waals surface area contributed by atoms with Crippen molar-refractivity contribution in [3.63, 3.8) is 0 Å². The summed E-state index contributed by atoms with van der Waals surface area (Å²) in [5, 5.41) is 0. The fourth-order valence-corrected chi connectivity index (χ4v) is 3.19. The first-order chi connectivity index (χ1) is 11.2. The van der Waals surface area contributed by atoms with Crippen LogP contribution in [0.2, 0.25) is 0 Å². The summed E-state index contributed by atoms with van der Waals surface area (Å²) < 4.78 is 1.84. The molecule has 1 atom stereocenters. The van der Waals surface area contributed by atoms with Crippen LogP contribution in [0.5, 0.6) is 0 Å². The number of hydrogen-bond donors (Lipinski definition) is 0. The van der Waals surface area contributed by atoms with E-state index in [0.717, 1.165) is 13.1 Å². The summed E-state index contributed by atoms with van der Waals surface area (Å²) in [5.74, 6) is 0.0965. The Hall–Kier alpha value is -2.30. The van der Waals surface area contributed by atoms with Crippen molar-refractivity contribution in [1.29, 1.82) is 0 Å². The second-order valence-electron chi connectivity index (χ2n) is 6.20. The molecule has 5 nitrogen and oxygen atoms in total. The third-order valence-corrected chi connectivity index (χ3v) is 4.55. The van der Waals surface area contributed by atoms with Crippen LogP contribution in [0.1, 0.15) is 31.4 Å². The first-order valence-electron chi connectivity index (χ1n) is 8.22. The lowest BCUT2D eigenvalue weighted by Gasteiger charge is -2.26. The van der Waals surface area contributed by atoms with Gasteiger partial charge in [0.1, 0.15) is 6.04 Å². The molecule has 3 rings (SSSR count). The van der Waals surface area contributed by atoms with Crippen LogP contribution in [0, 0.1) is 0 Å². The van der Waals surface area contributed by atoms with Crippen LogP contribution in [0.4, 0.5) is 5.69 Å². The van der Waals surface area contributed by atoms with Crippen molar-refractivity contribution in [3.8, 4) is 0 Å². The number of imidazole rings is 1. The maximum absolute atomic E-state index is 12.6. The second-order valence-corrected chi connectivity index (χ2v) is 6.20. The molecule has 1 aromatic heterocycles. The van der Waals surface area contributed by atoms with E-state index >= 15 is 0 Å². The highest BCUT2D eigenvalue weighted by Crippen LogP contribution is 2.25. The molecule has 0 aliphatic carbocycles. The van der Waals surface area contributed by atoms with Gasteiger partial charge in [0.25, 0.3) is 0 Å². The minimum atomic E-state index is -0.235. The molecule has 0 radical (unpaired) electrons. The van der Waals surface area contributed by atoms with E-state index in [1.165, 1.54) is 24.1 Å². The van der Waals surface area contributed by atoms with Gasteiger partial charge >= 0.3 is 0 Å². The Morgan fingerprint density at radius 3 is 2.74 bits per heavy atom. The average Bonchev–Trinajstić information content (AvgIpc) is 3.27. The number of carbonyl (C=O) groups excluding carboxylic acids is 1. The Kier molecular flexibility index (Phi) is 4.65.